The first-order valence-corrected chi connectivity index (χ1v) is 10.9. The first kappa shape index (κ1) is 18.2. The van der Waals surface area contributed by atoms with Crippen molar-refractivity contribution in [3.8, 4) is 0 Å². The van der Waals surface area contributed by atoms with E-state index in [4.69, 9.17) is 12.2 Å². The molecule has 0 radical (unpaired) electrons. The first-order valence-electron chi connectivity index (χ1n) is 10.5. The van der Waals surface area contributed by atoms with Crippen molar-refractivity contribution in [1.29, 1.82) is 0 Å². The molecule has 3 fully saturated rings. The van der Waals surface area contributed by atoms with Crippen molar-refractivity contribution in [2.45, 2.75) is 95.8 Å². The quantitative estimate of drug-likeness (QED) is 0.738. The van der Waals surface area contributed by atoms with E-state index in [2.05, 4.69) is 47.6 Å². The molecule has 2 heterocycles. The number of nitrogens with one attached hydrogen (secondary N) is 2. The van der Waals surface area contributed by atoms with Crippen LogP contribution in [0.3, 0.4) is 0 Å². The van der Waals surface area contributed by atoms with Gasteiger partial charge in [0.15, 0.2) is 5.11 Å². The van der Waals surface area contributed by atoms with Crippen LogP contribution in [0.15, 0.2) is 18.2 Å². The summed E-state index contributed by atoms with van der Waals surface area (Å²) in [5.41, 5.74) is 3.72. The Labute approximate surface area is 163 Å². The molecule has 1 saturated carbocycles. The molecular weight excluding hydrogens is 338 g/mol. The summed E-state index contributed by atoms with van der Waals surface area (Å²) in [7, 11) is 0. The number of fused-ring (bicyclic) bond motifs is 2. The molecular formula is C22H33N3S. The number of hydrogen-bond donors (Lipinski definition) is 2. The van der Waals surface area contributed by atoms with Gasteiger partial charge in [0.25, 0.3) is 0 Å². The van der Waals surface area contributed by atoms with Gasteiger partial charge in [-0.1, -0.05) is 31.4 Å². The molecule has 0 aromatic heterocycles. The highest BCUT2D eigenvalue weighted by molar-refractivity contribution is 7.80. The lowest BCUT2D eigenvalue weighted by atomic mass is 9.80. The van der Waals surface area contributed by atoms with Crippen LogP contribution in [0, 0.1) is 13.8 Å². The van der Waals surface area contributed by atoms with E-state index >= 15 is 0 Å². The van der Waals surface area contributed by atoms with E-state index in [1.165, 1.54) is 68.9 Å². The number of thiocarbonyl (C=S) groups is 1. The minimum atomic E-state index is 0.521. The Hall–Kier alpha value is -1.13. The highest BCUT2D eigenvalue weighted by Crippen LogP contribution is 2.39. The van der Waals surface area contributed by atoms with Gasteiger partial charge < -0.3 is 10.6 Å². The second kappa shape index (κ2) is 7.85. The summed E-state index contributed by atoms with van der Waals surface area (Å²) < 4.78 is 0. The molecule has 0 amide bonds. The summed E-state index contributed by atoms with van der Waals surface area (Å²) in [6, 6.07) is 9.29. The van der Waals surface area contributed by atoms with Crippen molar-refractivity contribution in [2.75, 3.05) is 5.32 Å². The van der Waals surface area contributed by atoms with Crippen molar-refractivity contribution < 1.29 is 0 Å². The normalized spacial score (nSPS) is 29.5. The molecule has 3 aliphatic rings. The Bertz CT molecular complexity index is 639. The predicted molar refractivity (Wildman–Crippen MR) is 114 cm³/mol. The van der Waals surface area contributed by atoms with Gasteiger partial charge in [-0.2, -0.15) is 0 Å². The van der Waals surface area contributed by atoms with E-state index < -0.39 is 0 Å². The second-order valence-corrected chi connectivity index (χ2v) is 9.05. The van der Waals surface area contributed by atoms with E-state index in [0.29, 0.717) is 6.04 Å². The van der Waals surface area contributed by atoms with Crippen LogP contribution in [-0.4, -0.2) is 34.2 Å². The van der Waals surface area contributed by atoms with Gasteiger partial charge >= 0.3 is 0 Å². The molecule has 1 aliphatic carbocycles. The Morgan fingerprint density at radius 2 is 1.62 bits per heavy atom. The van der Waals surface area contributed by atoms with Gasteiger partial charge in [0.1, 0.15) is 0 Å². The molecule has 2 unspecified atom stereocenters. The fourth-order valence-corrected chi connectivity index (χ4v) is 5.84. The molecule has 26 heavy (non-hydrogen) atoms. The Balaban J connectivity index is 1.37. The van der Waals surface area contributed by atoms with E-state index in [0.717, 1.165) is 28.9 Å². The van der Waals surface area contributed by atoms with E-state index in [1.807, 2.05) is 0 Å². The van der Waals surface area contributed by atoms with Crippen molar-refractivity contribution in [2.24, 2.45) is 0 Å². The molecule has 2 aliphatic heterocycles. The number of rotatable bonds is 3. The Morgan fingerprint density at radius 3 is 2.31 bits per heavy atom. The number of benzene rings is 1. The minimum absolute atomic E-state index is 0.521. The first-order chi connectivity index (χ1) is 12.6. The highest BCUT2D eigenvalue weighted by Gasteiger charge is 2.42. The minimum Gasteiger partial charge on any atom is -0.360 e. The molecule has 142 valence electrons. The number of piperidine rings is 2. The van der Waals surface area contributed by atoms with Crippen LogP contribution in [0.25, 0.3) is 0 Å². The van der Waals surface area contributed by atoms with Crippen molar-refractivity contribution in [3.63, 3.8) is 0 Å². The third-order valence-electron chi connectivity index (χ3n) is 6.97. The molecule has 2 saturated heterocycles. The van der Waals surface area contributed by atoms with Gasteiger partial charge in [-0.25, -0.2) is 0 Å². The zero-order chi connectivity index (χ0) is 18.1. The number of anilines is 1. The van der Waals surface area contributed by atoms with Crippen molar-refractivity contribution >= 4 is 23.0 Å². The summed E-state index contributed by atoms with van der Waals surface area (Å²) in [6.07, 6.45) is 12.4. The number of aryl methyl sites for hydroxylation is 1. The fourth-order valence-electron chi connectivity index (χ4n) is 5.56. The van der Waals surface area contributed by atoms with Gasteiger partial charge in [0.2, 0.25) is 0 Å². The largest absolute Gasteiger partial charge is 0.360 e. The summed E-state index contributed by atoms with van der Waals surface area (Å²) in [5, 5.41) is 7.87. The molecule has 3 nitrogen and oxygen atoms in total. The zero-order valence-corrected chi connectivity index (χ0v) is 17.1. The second-order valence-electron chi connectivity index (χ2n) is 8.64. The molecule has 4 rings (SSSR count). The standard InChI is InChI=1S/C22H33N3S/c1-15-7-5-12-21(16(15)2)24-22(26)23-17-13-19-10-6-11-20(14-17)25(19)18-8-3-4-9-18/h5,7,12,17-20H,3-4,6,8-11,13-14H2,1-2H3,(H2,23,24,26). The predicted octanol–water partition coefficient (Wildman–Crippen LogP) is 4.92. The maximum Gasteiger partial charge on any atom is 0.171 e. The fraction of sp³-hybridized carbons (Fsp3) is 0.682. The average molecular weight is 372 g/mol. The smallest absolute Gasteiger partial charge is 0.171 e. The summed E-state index contributed by atoms with van der Waals surface area (Å²) in [6.45, 7) is 4.31. The topological polar surface area (TPSA) is 27.3 Å². The van der Waals surface area contributed by atoms with E-state index in [9.17, 15) is 0 Å². The molecule has 1 aromatic rings. The number of hydrogen-bond acceptors (Lipinski definition) is 2. The molecule has 4 heteroatoms. The van der Waals surface area contributed by atoms with Crippen LogP contribution in [0.1, 0.15) is 68.9 Å². The molecule has 1 aromatic carbocycles. The third-order valence-corrected chi connectivity index (χ3v) is 7.19. The molecule has 2 N–H and O–H groups in total. The molecule has 2 bridgehead atoms. The lowest BCUT2D eigenvalue weighted by Gasteiger charge is -2.52. The van der Waals surface area contributed by atoms with Crippen LogP contribution in [0.4, 0.5) is 5.69 Å². The molecule has 0 spiro atoms. The van der Waals surface area contributed by atoms with Crippen LogP contribution < -0.4 is 10.6 Å². The van der Waals surface area contributed by atoms with Crippen LogP contribution in [0.2, 0.25) is 0 Å². The van der Waals surface area contributed by atoms with Crippen LogP contribution >= 0.6 is 12.2 Å². The highest BCUT2D eigenvalue weighted by atomic mass is 32.1. The van der Waals surface area contributed by atoms with Gasteiger partial charge in [-0.05, 0) is 81.8 Å². The lowest BCUT2D eigenvalue weighted by Crippen LogP contribution is -2.59. The summed E-state index contributed by atoms with van der Waals surface area (Å²) in [5.74, 6) is 0. The monoisotopic (exact) mass is 371 g/mol. The van der Waals surface area contributed by atoms with Gasteiger partial charge in [-0.3, -0.25) is 4.90 Å². The number of nitrogens with zero attached hydrogens (tertiary/aromatic N) is 1. The van der Waals surface area contributed by atoms with Crippen molar-refractivity contribution in [3.05, 3.63) is 29.3 Å². The average Bonchev–Trinajstić information content (AvgIpc) is 3.12. The maximum atomic E-state index is 5.65. The van der Waals surface area contributed by atoms with Crippen LogP contribution in [-0.2, 0) is 0 Å². The summed E-state index contributed by atoms with van der Waals surface area (Å²) in [4.78, 5) is 2.93. The Kier molecular flexibility index (Phi) is 5.51. The lowest BCUT2D eigenvalue weighted by molar-refractivity contribution is -0.00596. The maximum absolute atomic E-state index is 5.65. The van der Waals surface area contributed by atoms with E-state index in [1.54, 1.807) is 0 Å². The summed E-state index contributed by atoms with van der Waals surface area (Å²) >= 11 is 5.65. The van der Waals surface area contributed by atoms with E-state index in [-0.39, 0.29) is 0 Å². The third kappa shape index (κ3) is 3.77. The van der Waals surface area contributed by atoms with Gasteiger partial charge in [-0.15, -0.1) is 0 Å². The Morgan fingerprint density at radius 1 is 0.962 bits per heavy atom. The zero-order valence-electron chi connectivity index (χ0n) is 16.3. The SMILES string of the molecule is Cc1cccc(NC(=S)NC2CC3CCCC(C2)N3C2CCCC2)c1C. The van der Waals surface area contributed by atoms with Crippen molar-refractivity contribution in [1.82, 2.24) is 10.2 Å². The van der Waals surface area contributed by atoms with Gasteiger partial charge in [0, 0.05) is 29.9 Å². The molecule has 2 atom stereocenters. The van der Waals surface area contributed by atoms with Crippen LogP contribution in [0.5, 0.6) is 0 Å². The van der Waals surface area contributed by atoms with Gasteiger partial charge in [0.05, 0.1) is 0 Å².